The van der Waals surface area contributed by atoms with Crippen LogP contribution < -0.4 is 25.7 Å². The first kappa shape index (κ1) is 21.2. The number of nitrogens with zero attached hydrogens (tertiary/aromatic N) is 1. The van der Waals surface area contributed by atoms with E-state index in [0.29, 0.717) is 33.6 Å². The lowest BCUT2D eigenvalue weighted by atomic mass is 10.2. The van der Waals surface area contributed by atoms with E-state index in [9.17, 15) is 14.4 Å². The second-order valence-electron chi connectivity index (χ2n) is 6.22. The summed E-state index contributed by atoms with van der Waals surface area (Å²) < 4.78 is 11.5. The zero-order chi connectivity index (χ0) is 21.5. The van der Waals surface area contributed by atoms with Gasteiger partial charge in [0.15, 0.2) is 0 Å². The number of methoxy groups -OCH3 is 1. The topological polar surface area (TPSA) is 117 Å². The van der Waals surface area contributed by atoms with Crippen molar-refractivity contribution in [2.75, 3.05) is 23.5 Å². The van der Waals surface area contributed by atoms with Crippen molar-refractivity contribution < 1.29 is 23.5 Å². The molecule has 0 saturated carbocycles. The van der Waals surface area contributed by atoms with Crippen molar-refractivity contribution in [2.45, 2.75) is 18.4 Å². The van der Waals surface area contributed by atoms with Crippen LogP contribution in [0.5, 0.6) is 5.75 Å². The van der Waals surface area contributed by atoms with Crippen LogP contribution in [0.1, 0.15) is 13.3 Å². The maximum Gasteiger partial charge on any atom is 0.442 e. The van der Waals surface area contributed by atoms with E-state index in [2.05, 4.69) is 15.9 Å². The molecule has 0 atom stereocenters. The molecule has 30 heavy (non-hydrogen) atoms. The zero-order valence-electron chi connectivity index (χ0n) is 16.4. The van der Waals surface area contributed by atoms with Gasteiger partial charge in [-0.15, -0.1) is 0 Å². The Balaban J connectivity index is 1.56. The summed E-state index contributed by atoms with van der Waals surface area (Å²) in [5.41, 5.74) is 1.46. The maximum atomic E-state index is 12.2. The molecule has 0 saturated heterocycles. The van der Waals surface area contributed by atoms with Gasteiger partial charge in [-0.3, -0.25) is 14.1 Å². The molecular weight excluding hydrogens is 408 g/mol. The van der Waals surface area contributed by atoms with Crippen LogP contribution in [0.3, 0.4) is 0 Å². The molecule has 156 valence electrons. The quantitative estimate of drug-likeness (QED) is 0.374. The molecule has 9 nitrogen and oxygen atoms in total. The SMILES string of the molecule is COc1ccc(-[n+]2[nH]oc(=O)c2SCCC(=O)Nc2ccc(NC(C)=O)cc2)cc1. The van der Waals surface area contributed by atoms with Gasteiger partial charge in [-0.2, -0.15) is 0 Å². The summed E-state index contributed by atoms with van der Waals surface area (Å²) in [6.07, 6.45) is 0.200. The molecule has 0 unspecified atom stereocenters. The van der Waals surface area contributed by atoms with Gasteiger partial charge in [0, 0.05) is 42.6 Å². The Morgan fingerprint density at radius 1 is 1.07 bits per heavy atom. The highest BCUT2D eigenvalue weighted by Crippen LogP contribution is 2.17. The fourth-order valence-corrected chi connectivity index (χ4v) is 3.50. The first-order chi connectivity index (χ1) is 14.5. The van der Waals surface area contributed by atoms with Crippen LogP contribution in [0.25, 0.3) is 5.69 Å². The molecular formula is C20H21N4O5S+. The highest BCUT2D eigenvalue weighted by atomic mass is 32.2. The lowest BCUT2D eigenvalue weighted by Gasteiger charge is -2.06. The molecule has 3 rings (SSSR count). The Bertz CT molecular complexity index is 1070. The normalized spacial score (nSPS) is 10.5. The molecule has 0 aliphatic heterocycles. The smallest absolute Gasteiger partial charge is 0.442 e. The number of aromatic nitrogens is 2. The number of anilines is 2. The molecule has 0 spiro atoms. The van der Waals surface area contributed by atoms with Crippen molar-refractivity contribution in [1.29, 1.82) is 0 Å². The van der Waals surface area contributed by atoms with Crippen LogP contribution in [-0.2, 0) is 9.59 Å². The van der Waals surface area contributed by atoms with E-state index in [1.807, 2.05) is 0 Å². The van der Waals surface area contributed by atoms with E-state index in [0.717, 1.165) is 0 Å². The number of nitrogens with one attached hydrogen (secondary N) is 3. The molecule has 0 radical (unpaired) electrons. The second kappa shape index (κ2) is 9.79. The summed E-state index contributed by atoms with van der Waals surface area (Å²) in [6, 6.07) is 13.9. The summed E-state index contributed by atoms with van der Waals surface area (Å²) in [7, 11) is 1.57. The van der Waals surface area contributed by atoms with E-state index in [1.54, 1.807) is 55.6 Å². The minimum Gasteiger partial charge on any atom is -0.497 e. The van der Waals surface area contributed by atoms with Gasteiger partial charge < -0.3 is 15.4 Å². The summed E-state index contributed by atoms with van der Waals surface area (Å²) in [6.45, 7) is 1.43. The molecule has 3 aromatic rings. The third-order valence-electron chi connectivity index (χ3n) is 3.99. The average Bonchev–Trinajstić information content (AvgIpc) is 3.09. The van der Waals surface area contributed by atoms with E-state index >= 15 is 0 Å². The van der Waals surface area contributed by atoms with Crippen molar-refractivity contribution in [3.63, 3.8) is 0 Å². The first-order valence-corrected chi connectivity index (χ1v) is 10.0. The van der Waals surface area contributed by atoms with Gasteiger partial charge in [0.25, 0.3) is 0 Å². The Kier molecular flexibility index (Phi) is 6.91. The number of carbonyl (C=O) groups is 2. The number of rotatable bonds is 8. The van der Waals surface area contributed by atoms with Gasteiger partial charge >= 0.3 is 10.7 Å². The monoisotopic (exact) mass is 429 g/mol. The van der Waals surface area contributed by atoms with Gasteiger partial charge in [-0.05, 0) is 58.1 Å². The largest absolute Gasteiger partial charge is 0.497 e. The molecule has 1 heterocycles. The minimum absolute atomic E-state index is 0.162. The van der Waals surface area contributed by atoms with Gasteiger partial charge in [-0.1, -0.05) is 0 Å². The molecule has 2 amide bonds. The summed E-state index contributed by atoms with van der Waals surface area (Å²) in [5, 5.41) is 8.34. The Hall–Kier alpha value is -3.53. The zero-order valence-corrected chi connectivity index (χ0v) is 17.2. The minimum atomic E-state index is -0.509. The number of amides is 2. The van der Waals surface area contributed by atoms with Crippen molar-refractivity contribution in [3.8, 4) is 11.4 Å². The fraction of sp³-hybridized carbons (Fsp3) is 0.200. The summed E-state index contributed by atoms with van der Waals surface area (Å²) in [5.74, 6) is 0.728. The number of thioether (sulfide) groups is 1. The summed E-state index contributed by atoms with van der Waals surface area (Å²) >= 11 is 1.22. The molecule has 10 heteroatoms. The van der Waals surface area contributed by atoms with E-state index < -0.39 is 5.63 Å². The van der Waals surface area contributed by atoms with Crippen molar-refractivity contribution in [2.24, 2.45) is 0 Å². The highest BCUT2D eigenvalue weighted by molar-refractivity contribution is 7.99. The Morgan fingerprint density at radius 3 is 2.30 bits per heavy atom. The van der Waals surface area contributed by atoms with Crippen LogP contribution in [0.4, 0.5) is 11.4 Å². The van der Waals surface area contributed by atoms with E-state index in [-0.39, 0.29) is 18.2 Å². The number of aromatic amines is 1. The third kappa shape index (κ3) is 5.51. The number of carbonyl (C=O) groups excluding carboxylic acids is 2. The number of ether oxygens (including phenoxy) is 1. The number of hydrogen-bond donors (Lipinski definition) is 3. The average molecular weight is 429 g/mol. The predicted molar refractivity (Wildman–Crippen MR) is 112 cm³/mol. The van der Waals surface area contributed by atoms with Crippen molar-refractivity contribution in [1.82, 2.24) is 5.27 Å². The molecule has 2 aromatic carbocycles. The van der Waals surface area contributed by atoms with Crippen molar-refractivity contribution in [3.05, 3.63) is 59.0 Å². The van der Waals surface area contributed by atoms with Gasteiger partial charge in [0.1, 0.15) is 5.75 Å². The number of hydrogen-bond acceptors (Lipinski definition) is 6. The van der Waals surface area contributed by atoms with Crippen LogP contribution in [0.2, 0.25) is 0 Å². The first-order valence-electron chi connectivity index (χ1n) is 9.04. The number of H-pyrrole nitrogens is 1. The lowest BCUT2D eigenvalue weighted by molar-refractivity contribution is -0.704. The second-order valence-corrected chi connectivity index (χ2v) is 7.31. The Labute approximate surface area is 176 Å². The van der Waals surface area contributed by atoms with Crippen molar-refractivity contribution >= 4 is 35.0 Å². The third-order valence-corrected chi connectivity index (χ3v) is 5.03. The van der Waals surface area contributed by atoms with E-state index in [1.165, 1.54) is 23.4 Å². The number of benzene rings is 2. The molecule has 1 aromatic heterocycles. The van der Waals surface area contributed by atoms with Crippen LogP contribution in [0.15, 0.2) is 62.9 Å². The predicted octanol–water partition coefficient (Wildman–Crippen LogP) is 2.33. The van der Waals surface area contributed by atoms with E-state index in [4.69, 9.17) is 9.26 Å². The van der Waals surface area contributed by atoms with Crippen LogP contribution in [0, 0.1) is 0 Å². The highest BCUT2D eigenvalue weighted by Gasteiger charge is 2.24. The van der Waals surface area contributed by atoms with Crippen LogP contribution in [-0.4, -0.2) is 29.9 Å². The molecule has 0 aliphatic carbocycles. The molecule has 3 N–H and O–H groups in total. The van der Waals surface area contributed by atoms with Gasteiger partial charge in [0.05, 0.1) is 7.11 Å². The Morgan fingerprint density at radius 2 is 1.70 bits per heavy atom. The standard InChI is InChI=1S/C20H20N4O5S/c1-13(25)21-14-3-5-15(6-4-14)22-18(26)11-12-30-19-20(27)29-23-24(19)16-7-9-17(28-2)10-8-16/h3-10,23,27H,11-12H2,1-2H3/p+1. The van der Waals surface area contributed by atoms with Gasteiger partial charge in [0.2, 0.25) is 17.5 Å². The lowest BCUT2D eigenvalue weighted by Crippen LogP contribution is -2.36. The maximum absolute atomic E-state index is 12.2. The summed E-state index contributed by atoms with van der Waals surface area (Å²) in [4.78, 5) is 35.2. The van der Waals surface area contributed by atoms with Gasteiger partial charge in [-0.25, -0.2) is 4.79 Å². The molecule has 0 fully saturated rings. The van der Waals surface area contributed by atoms with Crippen LogP contribution >= 0.6 is 11.8 Å². The molecule has 0 bridgehead atoms. The molecule has 0 aliphatic rings. The fourth-order valence-electron chi connectivity index (χ4n) is 2.59.